The molecule has 0 radical (unpaired) electrons. The maximum absolute atomic E-state index is 12.2. The average molecular weight is 289 g/mol. The first-order chi connectivity index (χ1) is 10.2. The van der Waals surface area contributed by atoms with Crippen LogP contribution in [-0.4, -0.2) is 43.5 Å². The largest absolute Gasteiger partial charge is 0.385 e. The minimum Gasteiger partial charge on any atom is -0.385 e. The summed E-state index contributed by atoms with van der Waals surface area (Å²) in [6.07, 6.45) is 3.67. The van der Waals surface area contributed by atoms with Crippen LogP contribution in [0.4, 0.5) is 5.69 Å². The number of hydrogen-bond donors (Lipinski definition) is 2. The molecule has 0 aromatic heterocycles. The molecule has 2 N–H and O–H groups in total. The summed E-state index contributed by atoms with van der Waals surface area (Å²) in [6, 6.07) is 5.90. The van der Waals surface area contributed by atoms with E-state index in [1.54, 1.807) is 0 Å². The van der Waals surface area contributed by atoms with E-state index >= 15 is 0 Å². The third-order valence-corrected chi connectivity index (χ3v) is 3.99. The Labute approximate surface area is 127 Å². The molecule has 1 fully saturated rings. The number of aryl methyl sites for hydroxylation is 1. The van der Waals surface area contributed by atoms with Gasteiger partial charge >= 0.3 is 0 Å². The van der Waals surface area contributed by atoms with Gasteiger partial charge in [0.05, 0.1) is 0 Å². The van der Waals surface area contributed by atoms with Gasteiger partial charge in [0.25, 0.3) is 5.91 Å². The van der Waals surface area contributed by atoms with E-state index < -0.39 is 0 Å². The van der Waals surface area contributed by atoms with Gasteiger partial charge < -0.3 is 15.5 Å². The van der Waals surface area contributed by atoms with Crippen molar-refractivity contribution in [2.45, 2.75) is 33.1 Å². The summed E-state index contributed by atoms with van der Waals surface area (Å²) in [5, 5.41) is 6.29. The van der Waals surface area contributed by atoms with E-state index in [9.17, 15) is 4.79 Å². The molecule has 1 saturated heterocycles. The quantitative estimate of drug-likeness (QED) is 0.759. The summed E-state index contributed by atoms with van der Waals surface area (Å²) in [5.74, 6) is 0.0389. The number of carbonyl (C=O) groups excluding carboxylic acids is 1. The van der Waals surface area contributed by atoms with Crippen LogP contribution >= 0.6 is 0 Å². The van der Waals surface area contributed by atoms with Gasteiger partial charge in [-0.2, -0.15) is 0 Å². The zero-order chi connectivity index (χ0) is 15.1. The molecule has 0 saturated carbocycles. The summed E-state index contributed by atoms with van der Waals surface area (Å²) in [5.41, 5.74) is 2.86. The van der Waals surface area contributed by atoms with Crippen molar-refractivity contribution >= 4 is 11.6 Å². The number of hydrogen-bond acceptors (Lipinski definition) is 3. The molecule has 4 nitrogen and oxygen atoms in total. The Hall–Kier alpha value is -1.55. The molecule has 2 rings (SSSR count). The normalized spacial score (nSPS) is 15.1. The number of amides is 1. The number of likely N-dealkylation sites (tertiary alicyclic amines) is 1. The van der Waals surface area contributed by atoms with E-state index in [0.29, 0.717) is 0 Å². The highest BCUT2D eigenvalue weighted by atomic mass is 16.1. The van der Waals surface area contributed by atoms with Crippen LogP contribution in [0.3, 0.4) is 0 Å². The van der Waals surface area contributed by atoms with Crippen LogP contribution < -0.4 is 10.6 Å². The highest BCUT2D eigenvalue weighted by molar-refractivity contribution is 5.96. The van der Waals surface area contributed by atoms with E-state index in [4.69, 9.17) is 0 Å². The van der Waals surface area contributed by atoms with Gasteiger partial charge in [-0.1, -0.05) is 0 Å². The van der Waals surface area contributed by atoms with Crippen molar-refractivity contribution in [1.82, 2.24) is 10.2 Å². The minimum absolute atomic E-state index is 0.0389. The Morgan fingerprint density at radius 1 is 1.29 bits per heavy atom. The fraction of sp³-hybridized carbons (Fsp3) is 0.588. The van der Waals surface area contributed by atoms with Crippen molar-refractivity contribution in [3.05, 3.63) is 29.3 Å². The third kappa shape index (κ3) is 4.74. The zero-order valence-electron chi connectivity index (χ0n) is 13.2. The number of nitrogens with one attached hydrogen (secondary N) is 2. The predicted octanol–water partition coefficient (Wildman–Crippen LogP) is 2.64. The van der Waals surface area contributed by atoms with E-state index in [1.165, 1.54) is 25.9 Å². The molecule has 21 heavy (non-hydrogen) atoms. The van der Waals surface area contributed by atoms with Crippen LogP contribution in [0.25, 0.3) is 0 Å². The van der Waals surface area contributed by atoms with E-state index in [1.807, 2.05) is 25.1 Å². The summed E-state index contributed by atoms with van der Waals surface area (Å²) in [6.45, 7) is 9.23. The molecule has 1 heterocycles. The molecular weight excluding hydrogens is 262 g/mol. The highest BCUT2D eigenvalue weighted by Crippen LogP contribution is 2.15. The molecule has 0 aliphatic carbocycles. The van der Waals surface area contributed by atoms with Crippen LogP contribution in [0.5, 0.6) is 0 Å². The fourth-order valence-corrected chi connectivity index (χ4v) is 2.84. The van der Waals surface area contributed by atoms with Crippen LogP contribution in [0, 0.1) is 6.92 Å². The molecule has 4 heteroatoms. The molecule has 1 aromatic rings. The average Bonchev–Trinajstić information content (AvgIpc) is 2.97. The lowest BCUT2D eigenvalue weighted by Crippen LogP contribution is -2.29. The van der Waals surface area contributed by atoms with Crippen molar-refractivity contribution < 1.29 is 4.79 Å². The zero-order valence-corrected chi connectivity index (χ0v) is 13.2. The SMILES string of the molecule is CCNc1ccc(C(=O)NCCCN2CCCC2)c(C)c1. The minimum atomic E-state index is 0.0389. The molecule has 1 amide bonds. The third-order valence-electron chi connectivity index (χ3n) is 3.99. The maximum atomic E-state index is 12.2. The molecule has 116 valence electrons. The molecule has 1 aliphatic rings. The Balaban J connectivity index is 1.77. The summed E-state index contributed by atoms with van der Waals surface area (Å²) in [7, 11) is 0. The van der Waals surface area contributed by atoms with Crippen LogP contribution in [-0.2, 0) is 0 Å². The van der Waals surface area contributed by atoms with E-state index in [2.05, 4.69) is 22.5 Å². The Kier molecular flexibility index (Phi) is 6.05. The topological polar surface area (TPSA) is 44.4 Å². The van der Waals surface area contributed by atoms with Crippen LogP contribution in [0.1, 0.15) is 42.1 Å². The van der Waals surface area contributed by atoms with Crippen molar-refractivity contribution in [3.63, 3.8) is 0 Å². The van der Waals surface area contributed by atoms with E-state index in [0.717, 1.165) is 42.9 Å². The first kappa shape index (κ1) is 15.8. The maximum Gasteiger partial charge on any atom is 0.251 e. The van der Waals surface area contributed by atoms with Crippen LogP contribution in [0.15, 0.2) is 18.2 Å². The number of anilines is 1. The predicted molar refractivity (Wildman–Crippen MR) is 88.0 cm³/mol. The van der Waals surface area contributed by atoms with Crippen molar-refractivity contribution in [1.29, 1.82) is 0 Å². The number of nitrogens with zero attached hydrogens (tertiary/aromatic N) is 1. The van der Waals surface area contributed by atoms with Crippen molar-refractivity contribution in [3.8, 4) is 0 Å². The van der Waals surface area contributed by atoms with Gasteiger partial charge in [-0.15, -0.1) is 0 Å². The smallest absolute Gasteiger partial charge is 0.251 e. The number of carbonyl (C=O) groups is 1. The molecule has 0 bridgehead atoms. The van der Waals surface area contributed by atoms with Crippen molar-refractivity contribution in [2.75, 3.05) is 38.0 Å². The first-order valence-electron chi connectivity index (χ1n) is 8.06. The summed E-state index contributed by atoms with van der Waals surface area (Å²) < 4.78 is 0. The monoisotopic (exact) mass is 289 g/mol. The summed E-state index contributed by atoms with van der Waals surface area (Å²) in [4.78, 5) is 14.7. The first-order valence-corrected chi connectivity index (χ1v) is 8.06. The van der Waals surface area contributed by atoms with E-state index in [-0.39, 0.29) is 5.91 Å². The van der Waals surface area contributed by atoms with Gasteiger partial charge in [0, 0.05) is 24.3 Å². The second-order valence-electron chi connectivity index (χ2n) is 5.72. The van der Waals surface area contributed by atoms with Crippen LogP contribution in [0.2, 0.25) is 0 Å². The lowest BCUT2D eigenvalue weighted by atomic mass is 10.1. The molecular formula is C17H27N3O. The van der Waals surface area contributed by atoms with Gasteiger partial charge in [0.2, 0.25) is 0 Å². The van der Waals surface area contributed by atoms with Gasteiger partial charge in [-0.05, 0) is 76.5 Å². The Morgan fingerprint density at radius 2 is 2.05 bits per heavy atom. The standard InChI is InChI=1S/C17H27N3O/c1-3-18-15-7-8-16(14(2)13-15)17(21)19-9-6-12-20-10-4-5-11-20/h7-8,13,18H,3-6,9-12H2,1-2H3,(H,19,21). The molecule has 0 atom stereocenters. The molecule has 0 spiro atoms. The highest BCUT2D eigenvalue weighted by Gasteiger charge is 2.12. The second-order valence-corrected chi connectivity index (χ2v) is 5.72. The lowest BCUT2D eigenvalue weighted by molar-refractivity contribution is 0.0951. The number of rotatable bonds is 7. The Bertz CT molecular complexity index is 467. The van der Waals surface area contributed by atoms with Gasteiger partial charge in [0.1, 0.15) is 0 Å². The van der Waals surface area contributed by atoms with Gasteiger partial charge in [0.15, 0.2) is 0 Å². The molecule has 1 aromatic carbocycles. The molecule has 0 unspecified atom stereocenters. The lowest BCUT2D eigenvalue weighted by Gasteiger charge is -2.14. The number of benzene rings is 1. The second kappa shape index (κ2) is 8.03. The van der Waals surface area contributed by atoms with Gasteiger partial charge in [-0.25, -0.2) is 0 Å². The van der Waals surface area contributed by atoms with Gasteiger partial charge in [-0.3, -0.25) is 4.79 Å². The summed E-state index contributed by atoms with van der Waals surface area (Å²) >= 11 is 0. The molecule has 1 aliphatic heterocycles. The van der Waals surface area contributed by atoms with Crippen molar-refractivity contribution in [2.24, 2.45) is 0 Å². The fourth-order valence-electron chi connectivity index (χ4n) is 2.84. The Morgan fingerprint density at radius 3 is 2.71 bits per heavy atom.